The highest BCUT2D eigenvalue weighted by atomic mass is 15.4. The van der Waals surface area contributed by atoms with Crippen molar-refractivity contribution in [1.29, 1.82) is 0 Å². The number of nitrogens with one attached hydrogen (secondary N) is 1. The summed E-state index contributed by atoms with van der Waals surface area (Å²) in [6.45, 7) is 11.3. The molecule has 2 aliphatic rings. The molecule has 2 fully saturated rings. The predicted molar refractivity (Wildman–Crippen MR) is 73.9 cm³/mol. The van der Waals surface area contributed by atoms with Crippen LogP contribution in [-0.2, 0) is 0 Å². The van der Waals surface area contributed by atoms with E-state index in [1.807, 2.05) is 0 Å². The SMILES string of the molecule is CC(C)C1CCC(C[N+]2(C)CCNCC2)CC1. The van der Waals surface area contributed by atoms with Gasteiger partial charge in [0.25, 0.3) is 0 Å². The van der Waals surface area contributed by atoms with Crippen LogP contribution in [0.5, 0.6) is 0 Å². The van der Waals surface area contributed by atoms with E-state index in [2.05, 4.69) is 26.2 Å². The van der Waals surface area contributed by atoms with Crippen LogP contribution in [0.2, 0.25) is 0 Å². The van der Waals surface area contributed by atoms with Gasteiger partial charge in [-0.3, -0.25) is 0 Å². The van der Waals surface area contributed by atoms with E-state index in [1.54, 1.807) is 0 Å². The Morgan fingerprint density at radius 2 is 1.65 bits per heavy atom. The van der Waals surface area contributed by atoms with Crippen molar-refractivity contribution in [3.63, 3.8) is 0 Å². The molecule has 1 saturated carbocycles. The quantitative estimate of drug-likeness (QED) is 0.746. The first-order valence-corrected chi connectivity index (χ1v) is 7.63. The van der Waals surface area contributed by atoms with Crippen LogP contribution in [0.25, 0.3) is 0 Å². The molecular weight excluding hydrogens is 208 g/mol. The van der Waals surface area contributed by atoms with Crippen LogP contribution in [0.1, 0.15) is 39.5 Å². The van der Waals surface area contributed by atoms with Gasteiger partial charge in [0.15, 0.2) is 0 Å². The number of hydrogen-bond acceptors (Lipinski definition) is 1. The van der Waals surface area contributed by atoms with Crippen LogP contribution in [0.3, 0.4) is 0 Å². The number of likely N-dealkylation sites (N-methyl/N-ethyl adjacent to an activating group) is 1. The van der Waals surface area contributed by atoms with Gasteiger partial charge in [-0.15, -0.1) is 0 Å². The van der Waals surface area contributed by atoms with Crippen molar-refractivity contribution < 1.29 is 4.48 Å². The molecule has 2 nitrogen and oxygen atoms in total. The lowest BCUT2D eigenvalue weighted by Crippen LogP contribution is -2.57. The second-order valence-corrected chi connectivity index (χ2v) is 7.02. The van der Waals surface area contributed by atoms with E-state index in [4.69, 9.17) is 0 Å². The molecule has 1 aliphatic heterocycles. The van der Waals surface area contributed by atoms with Crippen molar-refractivity contribution >= 4 is 0 Å². The van der Waals surface area contributed by atoms with Gasteiger partial charge in [-0.25, -0.2) is 0 Å². The minimum atomic E-state index is 0.903. The minimum Gasteiger partial charge on any atom is -0.324 e. The van der Waals surface area contributed by atoms with E-state index in [-0.39, 0.29) is 0 Å². The van der Waals surface area contributed by atoms with Gasteiger partial charge in [-0.05, 0) is 37.5 Å². The molecule has 0 bridgehead atoms. The van der Waals surface area contributed by atoms with E-state index in [1.165, 1.54) is 62.9 Å². The second-order valence-electron chi connectivity index (χ2n) is 7.02. The topological polar surface area (TPSA) is 12.0 Å². The molecule has 1 saturated heterocycles. The highest BCUT2D eigenvalue weighted by Gasteiger charge is 2.31. The van der Waals surface area contributed by atoms with Crippen molar-refractivity contribution in [3.8, 4) is 0 Å². The first-order chi connectivity index (χ1) is 8.09. The van der Waals surface area contributed by atoms with Crippen molar-refractivity contribution in [2.24, 2.45) is 17.8 Å². The summed E-state index contributed by atoms with van der Waals surface area (Å²) in [5.41, 5.74) is 0. The maximum atomic E-state index is 3.48. The predicted octanol–water partition coefficient (Wildman–Crippen LogP) is 2.50. The second kappa shape index (κ2) is 5.71. The number of nitrogens with zero attached hydrogens (tertiary/aromatic N) is 1. The zero-order valence-electron chi connectivity index (χ0n) is 12.0. The Hall–Kier alpha value is -0.0800. The largest absolute Gasteiger partial charge is 0.324 e. The van der Waals surface area contributed by atoms with Gasteiger partial charge in [0.2, 0.25) is 0 Å². The first kappa shape index (κ1) is 13.4. The lowest BCUT2D eigenvalue weighted by Gasteiger charge is -2.42. The molecule has 1 heterocycles. The highest BCUT2D eigenvalue weighted by Crippen LogP contribution is 2.34. The van der Waals surface area contributed by atoms with Crippen molar-refractivity contribution in [2.45, 2.75) is 39.5 Å². The number of piperazine rings is 1. The summed E-state index contributed by atoms with van der Waals surface area (Å²) in [7, 11) is 2.47. The fraction of sp³-hybridized carbons (Fsp3) is 1.00. The van der Waals surface area contributed by atoms with Crippen LogP contribution in [0.4, 0.5) is 0 Å². The van der Waals surface area contributed by atoms with Gasteiger partial charge in [-0.1, -0.05) is 13.8 Å². The van der Waals surface area contributed by atoms with Gasteiger partial charge in [0.1, 0.15) is 0 Å². The fourth-order valence-electron chi connectivity index (χ4n) is 3.78. The molecule has 2 heteroatoms. The fourth-order valence-corrected chi connectivity index (χ4v) is 3.78. The smallest absolute Gasteiger partial charge is 0.0911 e. The van der Waals surface area contributed by atoms with E-state index in [9.17, 15) is 0 Å². The number of quaternary nitrogens is 1. The van der Waals surface area contributed by atoms with E-state index in [0.717, 1.165) is 17.8 Å². The van der Waals surface area contributed by atoms with Crippen molar-refractivity contribution in [2.75, 3.05) is 39.8 Å². The Morgan fingerprint density at radius 1 is 1.06 bits per heavy atom. The van der Waals surface area contributed by atoms with E-state index < -0.39 is 0 Å². The van der Waals surface area contributed by atoms with Gasteiger partial charge in [-0.2, -0.15) is 0 Å². The van der Waals surface area contributed by atoms with Gasteiger partial charge in [0, 0.05) is 19.0 Å². The molecule has 0 aromatic rings. The van der Waals surface area contributed by atoms with Gasteiger partial charge >= 0.3 is 0 Å². The zero-order chi connectivity index (χ0) is 12.3. The summed E-state index contributed by atoms with van der Waals surface area (Å²) in [5.74, 6) is 2.92. The molecule has 100 valence electrons. The zero-order valence-corrected chi connectivity index (χ0v) is 12.0. The van der Waals surface area contributed by atoms with Gasteiger partial charge < -0.3 is 9.80 Å². The maximum absolute atomic E-state index is 3.48. The summed E-state index contributed by atoms with van der Waals surface area (Å²) >= 11 is 0. The van der Waals surface area contributed by atoms with Crippen molar-refractivity contribution in [3.05, 3.63) is 0 Å². The monoisotopic (exact) mass is 239 g/mol. The van der Waals surface area contributed by atoms with E-state index in [0.29, 0.717) is 0 Å². The molecule has 0 aromatic carbocycles. The minimum absolute atomic E-state index is 0.903. The Balaban J connectivity index is 1.77. The number of hydrogen-bond donors (Lipinski definition) is 1. The average molecular weight is 239 g/mol. The standard InChI is InChI=1S/C15H31N2/c1-13(2)15-6-4-14(5-7-15)12-17(3)10-8-16-9-11-17/h13-16H,4-12H2,1-3H3/q+1. The summed E-state index contributed by atoms with van der Waals surface area (Å²) in [5, 5.41) is 3.48. The van der Waals surface area contributed by atoms with Crippen LogP contribution in [0.15, 0.2) is 0 Å². The highest BCUT2D eigenvalue weighted by molar-refractivity contribution is 4.75. The lowest BCUT2D eigenvalue weighted by atomic mass is 9.76. The third kappa shape index (κ3) is 3.69. The Labute approximate surface area is 107 Å². The molecular formula is C15H31N2+. The Kier molecular flexibility index (Phi) is 4.48. The lowest BCUT2D eigenvalue weighted by molar-refractivity contribution is -0.914. The molecule has 0 aromatic heterocycles. The van der Waals surface area contributed by atoms with Crippen LogP contribution >= 0.6 is 0 Å². The molecule has 0 atom stereocenters. The molecule has 0 amide bonds. The molecule has 0 unspecified atom stereocenters. The van der Waals surface area contributed by atoms with Crippen molar-refractivity contribution in [1.82, 2.24) is 5.32 Å². The summed E-state index contributed by atoms with van der Waals surface area (Å²) in [6, 6.07) is 0. The van der Waals surface area contributed by atoms with Crippen LogP contribution in [0, 0.1) is 17.8 Å². The molecule has 0 radical (unpaired) electrons. The summed E-state index contributed by atoms with van der Waals surface area (Å²) in [4.78, 5) is 0. The third-order valence-corrected chi connectivity index (χ3v) is 5.19. The van der Waals surface area contributed by atoms with E-state index >= 15 is 0 Å². The van der Waals surface area contributed by atoms with Crippen LogP contribution in [-0.4, -0.2) is 44.3 Å². The Morgan fingerprint density at radius 3 is 2.18 bits per heavy atom. The molecule has 2 rings (SSSR count). The first-order valence-electron chi connectivity index (χ1n) is 7.63. The molecule has 1 aliphatic carbocycles. The average Bonchev–Trinajstić information content (AvgIpc) is 2.30. The van der Waals surface area contributed by atoms with Gasteiger partial charge in [0.05, 0.1) is 26.7 Å². The maximum Gasteiger partial charge on any atom is 0.0911 e. The number of rotatable bonds is 3. The van der Waals surface area contributed by atoms with Crippen LogP contribution < -0.4 is 5.32 Å². The Bertz CT molecular complexity index is 223. The summed E-state index contributed by atoms with van der Waals surface area (Å²) < 4.78 is 1.32. The third-order valence-electron chi connectivity index (χ3n) is 5.19. The molecule has 17 heavy (non-hydrogen) atoms. The normalized spacial score (nSPS) is 33.9. The summed E-state index contributed by atoms with van der Waals surface area (Å²) in [6.07, 6.45) is 5.95. The molecule has 1 N–H and O–H groups in total. The molecule has 0 spiro atoms.